The van der Waals surface area contributed by atoms with Crippen LogP contribution < -0.4 is 5.32 Å². The van der Waals surface area contributed by atoms with E-state index in [-0.39, 0.29) is 5.75 Å². The molecule has 0 fully saturated rings. The van der Waals surface area contributed by atoms with Gasteiger partial charge in [-0.15, -0.1) is 11.8 Å². The number of halogens is 1. The van der Waals surface area contributed by atoms with Crippen LogP contribution in [0.5, 0.6) is 5.75 Å². The molecule has 0 saturated carbocycles. The van der Waals surface area contributed by atoms with Crippen LogP contribution in [0.2, 0.25) is 5.02 Å². The second-order valence-electron chi connectivity index (χ2n) is 4.53. The Morgan fingerprint density at radius 1 is 1.10 bits per heavy atom. The van der Waals surface area contributed by atoms with Gasteiger partial charge in [0.2, 0.25) is 0 Å². The molecule has 3 rings (SSSR count). The average molecular weight is 317 g/mol. The Balaban J connectivity index is 2.09. The second-order valence-corrected chi connectivity index (χ2v) is 5.84. The van der Waals surface area contributed by atoms with Crippen molar-refractivity contribution in [3.05, 3.63) is 53.7 Å². The van der Waals surface area contributed by atoms with Gasteiger partial charge in [0.1, 0.15) is 5.75 Å². The number of nitrogens with zero attached hydrogens (tertiary/aromatic N) is 1. The summed E-state index contributed by atoms with van der Waals surface area (Å²) in [6.45, 7) is 0. The topological polar surface area (TPSA) is 45.2 Å². The first-order valence-corrected chi connectivity index (χ1v) is 7.96. The van der Waals surface area contributed by atoms with Crippen LogP contribution in [0.4, 0.5) is 11.4 Å². The third-order valence-corrected chi connectivity index (χ3v) is 4.14. The Kier molecular flexibility index (Phi) is 3.90. The zero-order valence-electron chi connectivity index (χ0n) is 11.3. The highest BCUT2D eigenvalue weighted by Gasteiger charge is 2.07. The number of hydrogen-bond donors (Lipinski definition) is 2. The van der Waals surface area contributed by atoms with Crippen LogP contribution in [-0.2, 0) is 0 Å². The molecular weight excluding hydrogens is 304 g/mol. The lowest BCUT2D eigenvalue weighted by molar-refractivity contribution is 0.478. The fraction of sp³-hybridized carbons (Fsp3) is 0.0625. The summed E-state index contributed by atoms with van der Waals surface area (Å²) in [5, 5.41) is 14.7. The quantitative estimate of drug-likeness (QED) is 0.523. The Bertz CT molecular complexity index is 807. The van der Waals surface area contributed by atoms with E-state index in [1.54, 1.807) is 36.2 Å². The fourth-order valence-electron chi connectivity index (χ4n) is 2.11. The lowest BCUT2D eigenvalue weighted by Crippen LogP contribution is -1.93. The number of aromatic hydroxyl groups is 1. The molecule has 0 spiro atoms. The zero-order valence-corrected chi connectivity index (χ0v) is 12.9. The molecule has 0 bridgehead atoms. The standard InChI is InChI=1S/C16H13ClN2OS/c1-21-11-3-4-13-12(9-11)14(6-7-18-13)19-15-8-10(17)2-5-16(15)20/h2-9,20H,1H3,(H,18,19). The van der Waals surface area contributed by atoms with Gasteiger partial charge in [0.05, 0.1) is 11.2 Å². The molecule has 0 amide bonds. The van der Waals surface area contributed by atoms with E-state index in [1.807, 2.05) is 24.5 Å². The molecule has 0 radical (unpaired) electrons. The highest BCUT2D eigenvalue weighted by atomic mass is 35.5. The summed E-state index contributed by atoms with van der Waals surface area (Å²) < 4.78 is 0. The van der Waals surface area contributed by atoms with Crippen LogP contribution in [0.15, 0.2) is 53.6 Å². The highest BCUT2D eigenvalue weighted by Crippen LogP contribution is 2.33. The van der Waals surface area contributed by atoms with E-state index in [1.165, 1.54) is 0 Å². The summed E-state index contributed by atoms with van der Waals surface area (Å²) in [4.78, 5) is 5.52. The minimum Gasteiger partial charge on any atom is -0.506 e. The van der Waals surface area contributed by atoms with Gasteiger partial charge >= 0.3 is 0 Å². The molecular formula is C16H13ClN2OS. The van der Waals surface area contributed by atoms with Crippen molar-refractivity contribution in [1.82, 2.24) is 4.98 Å². The van der Waals surface area contributed by atoms with Crippen molar-refractivity contribution in [2.75, 3.05) is 11.6 Å². The summed E-state index contributed by atoms with van der Waals surface area (Å²) in [5.41, 5.74) is 2.36. The first-order valence-electron chi connectivity index (χ1n) is 6.35. The van der Waals surface area contributed by atoms with Gasteiger partial charge in [-0.2, -0.15) is 0 Å². The third kappa shape index (κ3) is 2.91. The number of fused-ring (bicyclic) bond motifs is 1. The minimum atomic E-state index is 0.158. The van der Waals surface area contributed by atoms with E-state index in [4.69, 9.17) is 11.6 Å². The van der Waals surface area contributed by atoms with Crippen molar-refractivity contribution in [3.8, 4) is 5.75 Å². The molecule has 3 aromatic rings. The summed E-state index contributed by atoms with van der Waals surface area (Å²) in [6, 6.07) is 12.9. The molecule has 5 heteroatoms. The number of rotatable bonds is 3. The number of phenols is 1. The molecule has 0 saturated heterocycles. The normalized spacial score (nSPS) is 10.8. The maximum Gasteiger partial charge on any atom is 0.139 e. The Morgan fingerprint density at radius 3 is 2.76 bits per heavy atom. The van der Waals surface area contributed by atoms with E-state index in [0.29, 0.717) is 10.7 Å². The smallest absolute Gasteiger partial charge is 0.139 e. The van der Waals surface area contributed by atoms with Crippen LogP contribution in [0.3, 0.4) is 0 Å². The molecule has 106 valence electrons. The van der Waals surface area contributed by atoms with Crippen LogP contribution in [0, 0.1) is 0 Å². The van der Waals surface area contributed by atoms with Crippen molar-refractivity contribution in [3.63, 3.8) is 0 Å². The number of anilines is 2. The largest absolute Gasteiger partial charge is 0.506 e. The van der Waals surface area contributed by atoms with E-state index < -0.39 is 0 Å². The van der Waals surface area contributed by atoms with Gasteiger partial charge < -0.3 is 10.4 Å². The molecule has 0 unspecified atom stereocenters. The zero-order chi connectivity index (χ0) is 14.8. The fourth-order valence-corrected chi connectivity index (χ4v) is 2.73. The first kappa shape index (κ1) is 14.0. The Labute approximate surface area is 132 Å². The predicted molar refractivity (Wildman–Crippen MR) is 89.9 cm³/mol. The van der Waals surface area contributed by atoms with Crippen molar-refractivity contribution in [2.24, 2.45) is 0 Å². The maximum atomic E-state index is 9.93. The lowest BCUT2D eigenvalue weighted by Gasteiger charge is -2.12. The van der Waals surface area contributed by atoms with Gasteiger partial charge in [-0.1, -0.05) is 11.6 Å². The van der Waals surface area contributed by atoms with E-state index in [0.717, 1.165) is 21.5 Å². The number of thioether (sulfide) groups is 1. The number of hydrogen-bond acceptors (Lipinski definition) is 4. The van der Waals surface area contributed by atoms with Gasteiger partial charge in [-0.3, -0.25) is 4.98 Å². The molecule has 3 nitrogen and oxygen atoms in total. The van der Waals surface area contributed by atoms with E-state index in [9.17, 15) is 5.11 Å². The molecule has 1 aromatic heterocycles. The predicted octanol–water partition coefficient (Wildman–Crippen LogP) is 5.06. The van der Waals surface area contributed by atoms with Crippen LogP contribution in [0.1, 0.15) is 0 Å². The average Bonchev–Trinajstić information content (AvgIpc) is 2.51. The number of benzene rings is 2. The number of nitrogens with one attached hydrogen (secondary N) is 1. The number of pyridine rings is 1. The van der Waals surface area contributed by atoms with Gasteiger partial charge in [0, 0.05) is 27.2 Å². The SMILES string of the molecule is CSc1ccc2nccc(Nc3cc(Cl)ccc3O)c2c1. The molecule has 0 atom stereocenters. The highest BCUT2D eigenvalue weighted by molar-refractivity contribution is 7.98. The van der Waals surface area contributed by atoms with Crippen LogP contribution in [-0.4, -0.2) is 16.3 Å². The van der Waals surface area contributed by atoms with Gasteiger partial charge in [0.15, 0.2) is 0 Å². The van der Waals surface area contributed by atoms with Crippen molar-refractivity contribution in [2.45, 2.75) is 4.90 Å². The first-order chi connectivity index (χ1) is 10.2. The molecule has 2 aromatic carbocycles. The number of aromatic nitrogens is 1. The molecule has 0 aliphatic heterocycles. The molecule has 0 aliphatic rings. The molecule has 2 N–H and O–H groups in total. The number of phenolic OH excluding ortho intramolecular Hbond substituents is 1. The minimum absolute atomic E-state index is 0.158. The molecule has 21 heavy (non-hydrogen) atoms. The van der Waals surface area contributed by atoms with Crippen LogP contribution in [0.25, 0.3) is 10.9 Å². The van der Waals surface area contributed by atoms with E-state index in [2.05, 4.69) is 16.4 Å². The van der Waals surface area contributed by atoms with Crippen molar-refractivity contribution < 1.29 is 5.11 Å². The van der Waals surface area contributed by atoms with E-state index >= 15 is 0 Å². The van der Waals surface area contributed by atoms with Crippen molar-refractivity contribution in [1.29, 1.82) is 0 Å². The summed E-state index contributed by atoms with van der Waals surface area (Å²) >= 11 is 7.66. The summed E-state index contributed by atoms with van der Waals surface area (Å²) in [6.07, 6.45) is 3.78. The van der Waals surface area contributed by atoms with Gasteiger partial charge in [0.25, 0.3) is 0 Å². The third-order valence-electron chi connectivity index (χ3n) is 3.18. The second kappa shape index (κ2) is 5.84. The molecule has 1 heterocycles. The van der Waals surface area contributed by atoms with Gasteiger partial charge in [-0.25, -0.2) is 0 Å². The Hall–Kier alpha value is -1.91. The summed E-state index contributed by atoms with van der Waals surface area (Å²) in [5.74, 6) is 0.158. The van der Waals surface area contributed by atoms with Crippen LogP contribution >= 0.6 is 23.4 Å². The molecule has 0 aliphatic carbocycles. The maximum absolute atomic E-state index is 9.93. The van der Waals surface area contributed by atoms with Crippen molar-refractivity contribution >= 4 is 45.6 Å². The Morgan fingerprint density at radius 2 is 1.95 bits per heavy atom. The lowest BCUT2D eigenvalue weighted by atomic mass is 10.1. The summed E-state index contributed by atoms with van der Waals surface area (Å²) in [7, 11) is 0. The van der Waals surface area contributed by atoms with Gasteiger partial charge in [-0.05, 0) is 48.7 Å². The monoisotopic (exact) mass is 316 g/mol.